The number of rotatable bonds is 6. The van der Waals surface area contributed by atoms with E-state index in [-0.39, 0.29) is 19.1 Å². The molecule has 0 saturated carbocycles. The number of nitrogens with one attached hydrogen (secondary N) is 2. The number of fused-ring (bicyclic) bond motifs is 1. The summed E-state index contributed by atoms with van der Waals surface area (Å²) in [4.78, 5) is 13.2. The van der Waals surface area contributed by atoms with Gasteiger partial charge < -0.3 is 15.4 Å². The van der Waals surface area contributed by atoms with Crippen LogP contribution in [0.2, 0.25) is 0 Å². The van der Waals surface area contributed by atoms with Crippen molar-refractivity contribution in [1.29, 1.82) is 0 Å². The summed E-state index contributed by atoms with van der Waals surface area (Å²) in [6, 6.07) is 3.37. The van der Waals surface area contributed by atoms with Crippen molar-refractivity contribution < 1.29 is 27.1 Å². The minimum Gasteiger partial charge on any atom is -0.493 e. The zero-order chi connectivity index (χ0) is 19.2. The third-order valence-corrected chi connectivity index (χ3v) is 4.00. The van der Waals surface area contributed by atoms with E-state index >= 15 is 0 Å². The number of amides is 2. The molecule has 0 aromatic heterocycles. The lowest BCUT2D eigenvalue weighted by Crippen LogP contribution is -2.39. The Morgan fingerprint density at radius 3 is 2.88 bits per heavy atom. The van der Waals surface area contributed by atoms with Crippen LogP contribution in [0.15, 0.2) is 18.2 Å². The van der Waals surface area contributed by atoms with Gasteiger partial charge in [-0.3, -0.25) is 4.90 Å². The molecule has 146 valence electrons. The predicted octanol–water partition coefficient (Wildman–Crippen LogP) is 3.22. The quantitative estimate of drug-likeness (QED) is 0.591. The van der Waals surface area contributed by atoms with Gasteiger partial charge in [0.05, 0.1) is 19.2 Å². The molecule has 0 saturated heterocycles. The normalized spacial score (nSPS) is 17.2. The molecule has 2 N–H and O–H groups in total. The van der Waals surface area contributed by atoms with Crippen molar-refractivity contribution in [2.75, 3.05) is 33.3 Å². The highest BCUT2D eigenvalue weighted by atomic mass is 19.4. The molecule has 2 rings (SSSR count). The van der Waals surface area contributed by atoms with E-state index in [4.69, 9.17) is 4.74 Å². The van der Waals surface area contributed by atoms with E-state index in [1.807, 2.05) is 0 Å². The van der Waals surface area contributed by atoms with Crippen molar-refractivity contribution in [2.45, 2.75) is 31.5 Å². The van der Waals surface area contributed by atoms with E-state index < -0.39 is 24.6 Å². The number of nitrogens with zero attached hydrogens (tertiary/aromatic N) is 1. The van der Waals surface area contributed by atoms with Crippen LogP contribution < -0.4 is 15.4 Å². The average molecular weight is 377 g/mol. The fraction of sp³-hybridized carbons (Fsp3) is 0.588. The van der Waals surface area contributed by atoms with Crippen LogP contribution in [-0.2, 0) is 0 Å². The number of ether oxygens (including phenoxy) is 1. The van der Waals surface area contributed by atoms with Gasteiger partial charge in [-0.2, -0.15) is 13.2 Å². The Bertz CT molecular complexity index is 610. The molecule has 26 heavy (non-hydrogen) atoms. The number of carbonyl (C=O) groups is 1. The Labute approximate surface area is 149 Å². The Balaban J connectivity index is 1.78. The van der Waals surface area contributed by atoms with Gasteiger partial charge in [-0.05, 0) is 51.1 Å². The van der Waals surface area contributed by atoms with Gasteiger partial charge in [-0.1, -0.05) is 0 Å². The van der Waals surface area contributed by atoms with Crippen LogP contribution in [0.3, 0.4) is 0 Å². The Hall–Kier alpha value is -2.03. The van der Waals surface area contributed by atoms with Crippen LogP contribution in [-0.4, -0.2) is 50.4 Å². The minimum absolute atomic E-state index is 0.213. The van der Waals surface area contributed by atoms with Gasteiger partial charge in [-0.15, -0.1) is 0 Å². The predicted molar refractivity (Wildman–Crippen MR) is 88.6 cm³/mol. The van der Waals surface area contributed by atoms with E-state index in [9.17, 15) is 22.4 Å². The molecule has 1 atom stereocenters. The molecule has 1 aliphatic rings. The lowest BCUT2D eigenvalue weighted by atomic mass is 10.0. The zero-order valence-corrected chi connectivity index (χ0v) is 14.5. The average Bonchev–Trinajstić information content (AvgIpc) is 2.72. The van der Waals surface area contributed by atoms with Crippen LogP contribution in [0.4, 0.5) is 22.4 Å². The zero-order valence-electron chi connectivity index (χ0n) is 14.5. The van der Waals surface area contributed by atoms with Crippen molar-refractivity contribution in [3.05, 3.63) is 29.6 Å². The molecule has 2 amide bonds. The molecule has 1 heterocycles. The van der Waals surface area contributed by atoms with E-state index in [1.165, 1.54) is 19.2 Å². The van der Waals surface area contributed by atoms with Crippen molar-refractivity contribution in [3.8, 4) is 5.75 Å². The van der Waals surface area contributed by atoms with Gasteiger partial charge in [0, 0.05) is 12.1 Å². The van der Waals surface area contributed by atoms with Crippen molar-refractivity contribution in [2.24, 2.45) is 0 Å². The number of halogens is 4. The molecule has 0 radical (unpaired) electrons. The highest BCUT2D eigenvalue weighted by Crippen LogP contribution is 2.31. The maximum Gasteiger partial charge on any atom is 0.401 e. The Kier molecular flexibility index (Phi) is 7.07. The first-order valence-corrected chi connectivity index (χ1v) is 8.46. The van der Waals surface area contributed by atoms with E-state index in [1.54, 1.807) is 6.07 Å². The number of urea groups is 1. The summed E-state index contributed by atoms with van der Waals surface area (Å²) in [5, 5.41) is 5.40. The fourth-order valence-electron chi connectivity index (χ4n) is 2.84. The first kappa shape index (κ1) is 20.3. The van der Waals surface area contributed by atoms with E-state index in [0.717, 1.165) is 4.90 Å². The summed E-state index contributed by atoms with van der Waals surface area (Å²) in [6.07, 6.45) is -2.52. The largest absolute Gasteiger partial charge is 0.493 e. The molecular formula is C17H23F4N3O2. The molecule has 0 aliphatic carbocycles. The van der Waals surface area contributed by atoms with Crippen molar-refractivity contribution >= 4 is 6.03 Å². The second-order valence-corrected chi connectivity index (χ2v) is 6.33. The topological polar surface area (TPSA) is 53.6 Å². The SMILES string of the molecule is CN(CCCNC(=O)N[C@H]1CCCOc2ccc(F)cc21)CC(F)(F)F. The van der Waals surface area contributed by atoms with E-state index in [2.05, 4.69) is 10.6 Å². The third kappa shape index (κ3) is 6.70. The maximum absolute atomic E-state index is 13.5. The van der Waals surface area contributed by atoms with E-state index in [0.29, 0.717) is 37.2 Å². The number of alkyl halides is 3. The summed E-state index contributed by atoms with van der Waals surface area (Å²) < 4.78 is 55.7. The van der Waals surface area contributed by atoms with Crippen LogP contribution in [0.1, 0.15) is 30.9 Å². The maximum atomic E-state index is 13.5. The summed E-state index contributed by atoms with van der Waals surface area (Å²) in [5.41, 5.74) is 0.586. The monoisotopic (exact) mass is 377 g/mol. The van der Waals surface area contributed by atoms with Crippen molar-refractivity contribution in [3.63, 3.8) is 0 Å². The lowest BCUT2D eigenvalue weighted by Gasteiger charge is -2.20. The highest BCUT2D eigenvalue weighted by molar-refractivity contribution is 5.74. The highest BCUT2D eigenvalue weighted by Gasteiger charge is 2.28. The smallest absolute Gasteiger partial charge is 0.401 e. The number of benzene rings is 1. The Morgan fingerprint density at radius 1 is 1.38 bits per heavy atom. The van der Waals surface area contributed by atoms with Gasteiger partial charge in [0.2, 0.25) is 0 Å². The summed E-state index contributed by atoms with van der Waals surface area (Å²) in [6.45, 7) is -0.0358. The first-order chi connectivity index (χ1) is 12.2. The number of hydrogen-bond donors (Lipinski definition) is 2. The molecular weight excluding hydrogens is 354 g/mol. The Morgan fingerprint density at radius 2 is 2.15 bits per heavy atom. The molecule has 5 nitrogen and oxygen atoms in total. The number of hydrogen-bond acceptors (Lipinski definition) is 3. The van der Waals surface area contributed by atoms with Gasteiger partial charge in [0.25, 0.3) is 0 Å². The van der Waals surface area contributed by atoms with Crippen LogP contribution >= 0.6 is 0 Å². The minimum atomic E-state index is -4.23. The molecule has 0 bridgehead atoms. The van der Waals surface area contributed by atoms with Crippen molar-refractivity contribution in [1.82, 2.24) is 15.5 Å². The summed E-state index contributed by atoms with van der Waals surface area (Å²) in [5.74, 6) is 0.136. The second-order valence-electron chi connectivity index (χ2n) is 6.33. The molecule has 0 spiro atoms. The molecule has 1 aromatic carbocycles. The fourth-order valence-corrected chi connectivity index (χ4v) is 2.84. The molecule has 9 heteroatoms. The van der Waals surface area contributed by atoms with Crippen LogP contribution in [0, 0.1) is 5.82 Å². The lowest BCUT2D eigenvalue weighted by molar-refractivity contribution is -0.143. The molecule has 1 aliphatic heterocycles. The summed E-state index contributed by atoms with van der Waals surface area (Å²) in [7, 11) is 1.38. The summed E-state index contributed by atoms with van der Waals surface area (Å²) >= 11 is 0. The third-order valence-electron chi connectivity index (χ3n) is 4.00. The molecule has 0 fully saturated rings. The van der Waals surface area contributed by atoms with Gasteiger partial charge >= 0.3 is 12.2 Å². The molecule has 0 unspecified atom stereocenters. The number of carbonyl (C=O) groups excluding carboxylic acids is 1. The second kappa shape index (κ2) is 9.07. The molecule has 1 aromatic rings. The van der Waals surface area contributed by atoms with Gasteiger partial charge in [0.15, 0.2) is 0 Å². The first-order valence-electron chi connectivity index (χ1n) is 8.46. The van der Waals surface area contributed by atoms with Gasteiger partial charge in [-0.25, -0.2) is 9.18 Å². The van der Waals surface area contributed by atoms with Crippen LogP contribution in [0.25, 0.3) is 0 Å². The van der Waals surface area contributed by atoms with Gasteiger partial charge in [0.1, 0.15) is 11.6 Å². The van der Waals surface area contributed by atoms with Crippen LogP contribution in [0.5, 0.6) is 5.75 Å². The standard InChI is InChI=1S/C17H23F4N3O2/c1-24(11-17(19,20)21)8-3-7-22-16(25)23-14-4-2-9-26-15-6-5-12(18)10-13(14)15/h5-6,10,14H,2-4,7-9,11H2,1H3,(H2,22,23,25)/t14-/m0/s1.